The standard InChI is InChI=1S/C45H35F7N2/c1-43(2,3)25-15-17-29-27-11-7-9-13-33(27)53(35(29)21-25)37-19-24(31-23-32(46)41(48)42(49)40(31)47)20-38(39(37)45(50,51)52)54-34-14-10-8-12-28(34)30-18-16-26(22-36(30)54)44(4,5)6/h7-23H,1-6H3. The molecule has 0 unspecified atom stereocenters. The first kappa shape index (κ1) is 35.5. The van der Waals surface area contributed by atoms with Crippen LogP contribution in [-0.2, 0) is 17.0 Å². The second-order valence-corrected chi connectivity index (χ2v) is 15.9. The molecule has 274 valence electrons. The third-order valence-electron chi connectivity index (χ3n) is 10.4. The highest BCUT2D eigenvalue weighted by Gasteiger charge is 2.40. The molecular formula is C45H35F7N2. The van der Waals surface area contributed by atoms with Gasteiger partial charge in [0.25, 0.3) is 0 Å². The zero-order valence-electron chi connectivity index (χ0n) is 30.4. The summed E-state index contributed by atoms with van der Waals surface area (Å²) in [5.74, 6) is -7.48. The van der Waals surface area contributed by atoms with Gasteiger partial charge in [0.15, 0.2) is 23.3 Å². The minimum Gasteiger partial charge on any atom is -0.309 e. The number of aromatic nitrogens is 2. The molecule has 0 spiro atoms. The van der Waals surface area contributed by atoms with Crippen LogP contribution < -0.4 is 0 Å². The highest BCUT2D eigenvalue weighted by Crippen LogP contribution is 2.47. The lowest BCUT2D eigenvalue weighted by Crippen LogP contribution is -2.17. The van der Waals surface area contributed by atoms with E-state index in [2.05, 4.69) is 0 Å². The Hall–Kier alpha value is -5.57. The zero-order chi connectivity index (χ0) is 38.6. The minimum absolute atomic E-state index is 0.279. The summed E-state index contributed by atoms with van der Waals surface area (Å²) in [5.41, 5.74) is -0.129. The Kier molecular flexibility index (Phi) is 7.86. The van der Waals surface area contributed by atoms with Crippen LogP contribution in [0.15, 0.2) is 103 Å². The van der Waals surface area contributed by atoms with Gasteiger partial charge in [-0.2, -0.15) is 13.2 Å². The van der Waals surface area contributed by atoms with Gasteiger partial charge in [0.05, 0.1) is 33.4 Å². The molecule has 6 aromatic carbocycles. The van der Waals surface area contributed by atoms with Gasteiger partial charge in [0.2, 0.25) is 0 Å². The van der Waals surface area contributed by atoms with Crippen molar-refractivity contribution in [3.05, 3.63) is 143 Å². The molecule has 0 saturated carbocycles. The van der Waals surface area contributed by atoms with Crippen molar-refractivity contribution in [3.8, 4) is 22.5 Å². The molecule has 0 saturated heterocycles. The maximum absolute atomic E-state index is 16.2. The molecule has 8 aromatic rings. The Morgan fingerprint density at radius 3 is 1.30 bits per heavy atom. The zero-order valence-corrected chi connectivity index (χ0v) is 30.4. The molecule has 54 heavy (non-hydrogen) atoms. The first-order valence-electron chi connectivity index (χ1n) is 17.5. The molecule has 0 aliphatic heterocycles. The van der Waals surface area contributed by atoms with Crippen molar-refractivity contribution < 1.29 is 30.7 Å². The van der Waals surface area contributed by atoms with Crippen LogP contribution >= 0.6 is 0 Å². The van der Waals surface area contributed by atoms with Crippen LogP contribution in [0, 0.1) is 23.3 Å². The van der Waals surface area contributed by atoms with E-state index >= 15 is 17.6 Å². The van der Waals surface area contributed by atoms with Gasteiger partial charge in [0, 0.05) is 27.1 Å². The topological polar surface area (TPSA) is 9.86 Å². The van der Waals surface area contributed by atoms with E-state index < -0.39 is 51.9 Å². The molecule has 0 aliphatic carbocycles. The van der Waals surface area contributed by atoms with Crippen molar-refractivity contribution in [1.29, 1.82) is 0 Å². The second kappa shape index (κ2) is 12.0. The van der Waals surface area contributed by atoms with Gasteiger partial charge in [-0.3, -0.25) is 0 Å². The van der Waals surface area contributed by atoms with Crippen molar-refractivity contribution in [3.63, 3.8) is 0 Å². The summed E-state index contributed by atoms with van der Waals surface area (Å²) in [6.07, 6.45) is -5.01. The third kappa shape index (κ3) is 5.46. The lowest BCUT2D eigenvalue weighted by atomic mass is 9.86. The summed E-state index contributed by atoms with van der Waals surface area (Å²) < 4.78 is 111. The van der Waals surface area contributed by atoms with Crippen LogP contribution in [0.25, 0.3) is 66.1 Å². The Morgan fingerprint density at radius 2 is 0.870 bits per heavy atom. The van der Waals surface area contributed by atoms with Crippen molar-refractivity contribution >= 4 is 43.6 Å². The monoisotopic (exact) mass is 736 g/mol. The highest BCUT2D eigenvalue weighted by atomic mass is 19.4. The number of rotatable bonds is 3. The first-order chi connectivity index (χ1) is 25.4. The first-order valence-corrected chi connectivity index (χ1v) is 17.5. The van der Waals surface area contributed by atoms with Gasteiger partial charge in [-0.1, -0.05) is 102 Å². The summed E-state index contributed by atoms with van der Waals surface area (Å²) in [5, 5.41) is 2.69. The van der Waals surface area contributed by atoms with Gasteiger partial charge in [-0.15, -0.1) is 0 Å². The molecule has 0 radical (unpaired) electrons. The van der Waals surface area contributed by atoms with Crippen molar-refractivity contribution in [1.82, 2.24) is 9.13 Å². The van der Waals surface area contributed by atoms with Crippen LogP contribution in [0.2, 0.25) is 0 Å². The fraction of sp³-hybridized carbons (Fsp3) is 0.200. The lowest BCUT2D eigenvalue weighted by molar-refractivity contribution is -0.137. The van der Waals surface area contributed by atoms with Crippen molar-refractivity contribution in [2.45, 2.75) is 58.5 Å². The molecule has 2 heterocycles. The lowest BCUT2D eigenvalue weighted by Gasteiger charge is -2.24. The van der Waals surface area contributed by atoms with Crippen LogP contribution in [0.3, 0.4) is 0 Å². The van der Waals surface area contributed by atoms with E-state index in [1.54, 1.807) is 36.4 Å². The van der Waals surface area contributed by atoms with Gasteiger partial charge in [-0.05, 0) is 70.0 Å². The molecule has 0 bridgehead atoms. The van der Waals surface area contributed by atoms with E-state index in [-0.39, 0.29) is 16.4 Å². The summed E-state index contributed by atoms with van der Waals surface area (Å²) in [7, 11) is 0. The molecule has 0 N–H and O–H groups in total. The average molecular weight is 737 g/mol. The molecule has 2 aromatic heterocycles. The van der Waals surface area contributed by atoms with E-state index in [0.29, 0.717) is 49.7 Å². The fourth-order valence-electron chi connectivity index (χ4n) is 7.59. The number of alkyl halides is 3. The van der Waals surface area contributed by atoms with Gasteiger partial charge in [-0.25, -0.2) is 17.6 Å². The number of hydrogen-bond donors (Lipinski definition) is 0. The molecule has 2 nitrogen and oxygen atoms in total. The van der Waals surface area contributed by atoms with Crippen molar-refractivity contribution in [2.75, 3.05) is 0 Å². The van der Waals surface area contributed by atoms with Gasteiger partial charge in [0.1, 0.15) is 5.56 Å². The van der Waals surface area contributed by atoms with E-state index in [0.717, 1.165) is 23.3 Å². The highest BCUT2D eigenvalue weighted by molar-refractivity contribution is 6.11. The third-order valence-corrected chi connectivity index (χ3v) is 10.4. The quantitative estimate of drug-likeness (QED) is 0.0971. The SMILES string of the molecule is CC(C)(C)c1ccc2c3ccccc3n(-c3cc(-c4cc(F)c(F)c(F)c4F)cc(-n4c5ccccc5c5ccc(C(C)(C)C)cc54)c3C(F)(F)F)c2c1. The summed E-state index contributed by atoms with van der Waals surface area (Å²) >= 11 is 0. The van der Waals surface area contributed by atoms with Crippen LogP contribution in [-0.4, -0.2) is 9.13 Å². The molecule has 8 rings (SSSR count). The minimum atomic E-state index is -5.01. The molecule has 0 aliphatic rings. The molecular weight excluding hydrogens is 701 g/mol. The van der Waals surface area contributed by atoms with Crippen LogP contribution in [0.4, 0.5) is 30.7 Å². The smallest absolute Gasteiger partial charge is 0.309 e. The maximum Gasteiger partial charge on any atom is 0.420 e. The molecule has 0 amide bonds. The number of nitrogens with zero attached hydrogens (tertiary/aromatic N) is 2. The average Bonchev–Trinajstić information content (AvgIpc) is 3.62. The summed E-state index contributed by atoms with van der Waals surface area (Å²) in [6, 6.07) is 28.0. The maximum atomic E-state index is 16.2. The Balaban J connectivity index is 1.63. The summed E-state index contributed by atoms with van der Waals surface area (Å²) in [6.45, 7) is 12.0. The Labute approximate surface area is 307 Å². The van der Waals surface area contributed by atoms with Crippen LogP contribution in [0.1, 0.15) is 58.2 Å². The van der Waals surface area contributed by atoms with E-state index in [1.165, 1.54) is 9.13 Å². The number of hydrogen-bond acceptors (Lipinski definition) is 0. The normalized spacial score (nSPS) is 12.9. The number of para-hydroxylation sites is 2. The molecule has 0 fully saturated rings. The largest absolute Gasteiger partial charge is 0.420 e. The van der Waals surface area contributed by atoms with Crippen molar-refractivity contribution in [2.24, 2.45) is 0 Å². The fourth-order valence-corrected chi connectivity index (χ4v) is 7.59. The van der Waals surface area contributed by atoms with Crippen LogP contribution in [0.5, 0.6) is 0 Å². The predicted molar refractivity (Wildman–Crippen MR) is 203 cm³/mol. The Morgan fingerprint density at radius 1 is 0.444 bits per heavy atom. The van der Waals surface area contributed by atoms with E-state index in [4.69, 9.17) is 0 Å². The number of halogens is 7. The van der Waals surface area contributed by atoms with E-state index in [9.17, 15) is 13.2 Å². The molecule has 0 atom stereocenters. The summed E-state index contributed by atoms with van der Waals surface area (Å²) in [4.78, 5) is 0. The number of fused-ring (bicyclic) bond motifs is 6. The van der Waals surface area contributed by atoms with Gasteiger partial charge >= 0.3 is 6.18 Å². The molecule has 9 heteroatoms. The number of benzene rings is 6. The van der Waals surface area contributed by atoms with E-state index in [1.807, 2.05) is 90.1 Å². The second-order valence-electron chi connectivity index (χ2n) is 15.9. The predicted octanol–water partition coefficient (Wildman–Crippen LogP) is 13.7. The Bertz CT molecular complexity index is 2670. The van der Waals surface area contributed by atoms with Gasteiger partial charge < -0.3 is 9.13 Å².